The van der Waals surface area contributed by atoms with Crippen LogP contribution in [0.5, 0.6) is 0 Å². The summed E-state index contributed by atoms with van der Waals surface area (Å²) in [5.74, 6) is 1.20. The molecular weight excluding hydrogens is 216 g/mol. The van der Waals surface area contributed by atoms with Crippen LogP contribution in [0.3, 0.4) is 0 Å². The Hall–Kier alpha value is -1.52. The van der Waals surface area contributed by atoms with Crippen LogP contribution < -0.4 is 10.6 Å². The van der Waals surface area contributed by atoms with Crippen molar-refractivity contribution in [2.45, 2.75) is 33.7 Å². The van der Waals surface area contributed by atoms with Crippen LogP contribution in [-0.4, -0.2) is 28.3 Å². The maximum Gasteiger partial charge on any atom is 0.242 e. The van der Waals surface area contributed by atoms with E-state index in [-0.39, 0.29) is 11.9 Å². The molecule has 5 nitrogen and oxygen atoms in total. The number of hydrogen-bond donors (Lipinski definition) is 2. The lowest BCUT2D eigenvalue weighted by molar-refractivity contribution is -0.121. The van der Waals surface area contributed by atoms with E-state index in [4.69, 9.17) is 0 Å². The normalized spacial score (nSPS) is 12.6. The molecular formula is C12H22N4O. The molecule has 0 saturated carbocycles. The molecule has 1 aromatic heterocycles. The van der Waals surface area contributed by atoms with Gasteiger partial charge in [-0.25, -0.2) is 0 Å². The van der Waals surface area contributed by atoms with Crippen molar-refractivity contribution >= 4 is 11.7 Å². The van der Waals surface area contributed by atoms with Crippen LogP contribution >= 0.6 is 0 Å². The van der Waals surface area contributed by atoms with Gasteiger partial charge >= 0.3 is 0 Å². The van der Waals surface area contributed by atoms with E-state index in [9.17, 15) is 4.79 Å². The van der Waals surface area contributed by atoms with Gasteiger partial charge < -0.3 is 10.6 Å². The SMILES string of the molecule is Cc1cc(NC(C)C(=O)NCC(C)C)nn1C. The van der Waals surface area contributed by atoms with Gasteiger partial charge in [0.15, 0.2) is 0 Å². The zero-order valence-electron chi connectivity index (χ0n) is 11.2. The molecule has 1 rings (SSSR count). The van der Waals surface area contributed by atoms with Crippen molar-refractivity contribution in [2.24, 2.45) is 13.0 Å². The highest BCUT2D eigenvalue weighted by molar-refractivity contribution is 5.83. The minimum Gasteiger partial charge on any atom is -0.357 e. The maximum atomic E-state index is 11.7. The summed E-state index contributed by atoms with van der Waals surface area (Å²) in [7, 11) is 1.88. The van der Waals surface area contributed by atoms with E-state index in [1.165, 1.54) is 0 Å². The van der Waals surface area contributed by atoms with Gasteiger partial charge in [0, 0.05) is 25.4 Å². The molecule has 1 atom stereocenters. The highest BCUT2D eigenvalue weighted by atomic mass is 16.2. The average Bonchev–Trinajstić information content (AvgIpc) is 2.54. The van der Waals surface area contributed by atoms with Crippen LogP contribution in [0.15, 0.2) is 6.07 Å². The number of aryl methyl sites for hydroxylation is 2. The fourth-order valence-electron chi connectivity index (χ4n) is 1.38. The summed E-state index contributed by atoms with van der Waals surface area (Å²) in [6.45, 7) is 8.65. The summed E-state index contributed by atoms with van der Waals surface area (Å²) in [4.78, 5) is 11.7. The zero-order valence-corrected chi connectivity index (χ0v) is 11.2. The molecule has 2 N–H and O–H groups in total. The van der Waals surface area contributed by atoms with Crippen LogP contribution in [0.4, 0.5) is 5.82 Å². The van der Waals surface area contributed by atoms with Crippen LogP contribution in [0.1, 0.15) is 26.5 Å². The molecule has 17 heavy (non-hydrogen) atoms. The van der Waals surface area contributed by atoms with E-state index >= 15 is 0 Å². The number of aromatic nitrogens is 2. The lowest BCUT2D eigenvalue weighted by Gasteiger charge is -2.14. The third-order valence-electron chi connectivity index (χ3n) is 2.56. The molecule has 0 bridgehead atoms. The predicted molar refractivity (Wildman–Crippen MR) is 68.9 cm³/mol. The third kappa shape index (κ3) is 4.09. The average molecular weight is 238 g/mol. The first-order valence-electron chi connectivity index (χ1n) is 5.95. The number of nitrogens with one attached hydrogen (secondary N) is 2. The molecule has 1 heterocycles. The van der Waals surface area contributed by atoms with Crippen LogP contribution in [0.25, 0.3) is 0 Å². The second kappa shape index (κ2) is 5.70. The van der Waals surface area contributed by atoms with Crippen molar-refractivity contribution in [1.29, 1.82) is 0 Å². The summed E-state index contributed by atoms with van der Waals surface area (Å²) in [5.41, 5.74) is 1.06. The van der Waals surface area contributed by atoms with E-state index in [1.807, 2.05) is 27.0 Å². The Kier molecular flexibility index (Phi) is 4.54. The molecule has 0 radical (unpaired) electrons. The molecule has 0 aromatic carbocycles. The second-order valence-corrected chi connectivity index (χ2v) is 4.80. The first kappa shape index (κ1) is 13.5. The number of rotatable bonds is 5. The molecule has 1 unspecified atom stereocenters. The highest BCUT2D eigenvalue weighted by Crippen LogP contribution is 2.08. The van der Waals surface area contributed by atoms with E-state index in [0.717, 1.165) is 11.5 Å². The number of carbonyl (C=O) groups excluding carboxylic acids is 1. The standard InChI is InChI=1S/C12H22N4O/c1-8(2)7-13-12(17)10(4)14-11-6-9(3)16(5)15-11/h6,8,10H,7H2,1-5H3,(H,13,17)(H,14,15). The Morgan fingerprint density at radius 2 is 2.12 bits per heavy atom. The predicted octanol–water partition coefficient (Wildman–Crippen LogP) is 1.30. The van der Waals surface area contributed by atoms with Crippen LogP contribution in [0, 0.1) is 12.8 Å². The van der Waals surface area contributed by atoms with E-state index in [2.05, 4.69) is 29.6 Å². The molecule has 1 aromatic rings. The topological polar surface area (TPSA) is 59.0 Å². The van der Waals surface area contributed by atoms with E-state index in [1.54, 1.807) is 4.68 Å². The van der Waals surface area contributed by atoms with Gasteiger partial charge in [0.2, 0.25) is 5.91 Å². The lowest BCUT2D eigenvalue weighted by Crippen LogP contribution is -2.39. The summed E-state index contributed by atoms with van der Waals surface area (Å²) < 4.78 is 1.78. The van der Waals surface area contributed by atoms with Crippen molar-refractivity contribution in [3.8, 4) is 0 Å². The summed E-state index contributed by atoms with van der Waals surface area (Å²) in [5, 5.41) is 10.2. The van der Waals surface area contributed by atoms with Gasteiger partial charge in [0.1, 0.15) is 11.9 Å². The highest BCUT2D eigenvalue weighted by Gasteiger charge is 2.13. The molecule has 96 valence electrons. The van der Waals surface area contributed by atoms with Gasteiger partial charge in [-0.15, -0.1) is 0 Å². The molecule has 0 aliphatic heterocycles. The number of hydrogen-bond acceptors (Lipinski definition) is 3. The monoisotopic (exact) mass is 238 g/mol. The van der Waals surface area contributed by atoms with Gasteiger partial charge in [0.25, 0.3) is 0 Å². The second-order valence-electron chi connectivity index (χ2n) is 4.80. The van der Waals surface area contributed by atoms with Crippen molar-refractivity contribution < 1.29 is 4.79 Å². The van der Waals surface area contributed by atoms with Gasteiger partial charge in [0.05, 0.1) is 0 Å². The first-order chi connectivity index (χ1) is 7.90. The largest absolute Gasteiger partial charge is 0.357 e. The Morgan fingerprint density at radius 1 is 1.47 bits per heavy atom. The van der Waals surface area contributed by atoms with Gasteiger partial charge in [-0.2, -0.15) is 5.10 Å². The fourth-order valence-corrected chi connectivity index (χ4v) is 1.38. The number of nitrogens with zero attached hydrogens (tertiary/aromatic N) is 2. The van der Waals surface area contributed by atoms with Gasteiger partial charge in [-0.1, -0.05) is 13.8 Å². The van der Waals surface area contributed by atoms with Crippen LogP contribution in [-0.2, 0) is 11.8 Å². The summed E-state index contributed by atoms with van der Waals surface area (Å²) in [6, 6.07) is 1.65. The molecule has 1 amide bonds. The van der Waals surface area contributed by atoms with Crippen LogP contribution in [0.2, 0.25) is 0 Å². The molecule has 5 heteroatoms. The Bertz CT molecular complexity index is 364. The van der Waals surface area contributed by atoms with Crippen molar-refractivity contribution in [2.75, 3.05) is 11.9 Å². The lowest BCUT2D eigenvalue weighted by atomic mass is 10.2. The number of carbonyl (C=O) groups is 1. The minimum atomic E-state index is -0.275. The smallest absolute Gasteiger partial charge is 0.242 e. The van der Waals surface area contributed by atoms with Gasteiger partial charge in [-0.05, 0) is 19.8 Å². The van der Waals surface area contributed by atoms with E-state index < -0.39 is 0 Å². The summed E-state index contributed by atoms with van der Waals surface area (Å²) in [6.07, 6.45) is 0. The van der Waals surface area contributed by atoms with Crippen molar-refractivity contribution in [3.05, 3.63) is 11.8 Å². The number of amides is 1. The number of anilines is 1. The fraction of sp³-hybridized carbons (Fsp3) is 0.667. The third-order valence-corrected chi connectivity index (χ3v) is 2.56. The summed E-state index contributed by atoms with van der Waals surface area (Å²) >= 11 is 0. The van der Waals surface area contributed by atoms with Crippen molar-refractivity contribution in [1.82, 2.24) is 15.1 Å². The maximum absolute atomic E-state index is 11.7. The zero-order chi connectivity index (χ0) is 13.0. The molecule has 0 saturated heterocycles. The van der Waals surface area contributed by atoms with Crippen molar-refractivity contribution in [3.63, 3.8) is 0 Å². The Morgan fingerprint density at radius 3 is 2.59 bits per heavy atom. The minimum absolute atomic E-state index is 0.00186. The quantitative estimate of drug-likeness (QED) is 0.813. The first-order valence-corrected chi connectivity index (χ1v) is 5.95. The molecule has 0 fully saturated rings. The van der Waals surface area contributed by atoms with E-state index in [0.29, 0.717) is 12.5 Å². The molecule has 0 spiro atoms. The Balaban J connectivity index is 2.48. The van der Waals surface area contributed by atoms with Gasteiger partial charge in [-0.3, -0.25) is 9.48 Å². The molecule has 0 aliphatic rings. The Labute approximate surface area is 103 Å². The molecule has 0 aliphatic carbocycles.